The minimum Gasteiger partial charge on any atom is -1.00 e. The van der Waals surface area contributed by atoms with Crippen molar-refractivity contribution >= 4 is 0 Å². The van der Waals surface area contributed by atoms with Gasteiger partial charge in [-0.05, 0) is 0 Å². The van der Waals surface area contributed by atoms with Crippen LogP contribution in [0.5, 0.6) is 0 Å². The molecule has 1 rings (SSSR count). The maximum absolute atomic E-state index is 4.89. The summed E-state index contributed by atoms with van der Waals surface area (Å²) in [6.07, 6.45) is 5.89. The third kappa shape index (κ3) is 2.14. The number of halogens is 1. The van der Waals surface area contributed by atoms with E-state index >= 15 is 0 Å². The zero-order valence-electron chi connectivity index (χ0n) is 6.12. The van der Waals surface area contributed by atoms with E-state index in [9.17, 15) is 0 Å². The van der Waals surface area contributed by atoms with Crippen LogP contribution in [-0.4, -0.2) is 11.7 Å². The molecule has 0 fully saturated rings. The number of ether oxygens (including phenoxy) is 1. The molecule has 1 heterocycles. The second-order valence-electron chi connectivity index (χ2n) is 2.01. The predicted octanol–water partition coefficient (Wildman–Crippen LogP) is -3.08. The molecule has 0 saturated carbocycles. The Labute approximate surface area is 59.2 Å². The zero-order valence-corrected chi connectivity index (χ0v) is 6.12. The van der Waals surface area contributed by atoms with E-state index in [0.717, 1.165) is 0 Å². The van der Waals surface area contributed by atoms with E-state index in [1.165, 1.54) is 0 Å². The first-order valence-electron chi connectivity index (χ1n) is 2.83. The maximum Gasteiger partial charge on any atom is 0.245 e. The molecule has 0 unspecified atom stereocenters. The van der Waals surface area contributed by atoms with Gasteiger partial charge in [-0.25, -0.2) is 9.13 Å². The van der Waals surface area contributed by atoms with Crippen LogP contribution in [0.1, 0.15) is 0 Å². The molecular formula is C6H11FN2O. The van der Waals surface area contributed by atoms with Crippen molar-refractivity contribution in [1.82, 2.24) is 4.57 Å². The molecule has 0 N–H and O–H groups in total. The summed E-state index contributed by atoms with van der Waals surface area (Å²) in [7, 11) is 3.66. The van der Waals surface area contributed by atoms with Crippen LogP contribution >= 0.6 is 0 Å². The first-order chi connectivity index (χ1) is 4.33. The molecule has 3 nitrogen and oxygen atoms in total. The van der Waals surface area contributed by atoms with E-state index in [1.807, 2.05) is 34.9 Å². The van der Waals surface area contributed by atoms with Crippen molar-refractivity contribution in [3.63, 3.8) is 0 Å². The summed E-state index contributed by atoms with van der Waals surface area (Å²) in [5, 5.41) is 0. The SMILES string of the molecule is COCn1cc[n+](C)c1.[F-]. The normalized spacial score (nSPS) is 9.00. The molecule has 4 heteroatoms. The third-order valence-corrected chi connectivity index (χ3v) is 1.10. The molecule has 0 aliphatic carbocycles. The fourth-order valence-corrected chi connectivity index (χ4v) is 0.727. The van der Waals surface area contributed by atoms with Gasteiger partial charge in [-0.2, -0.15) is 0 Å². The molecule has 0 atom stereocenters. The highest BCUT2D eigenvalue weighted by Crippen LogP contribution is 1.81. The number of hydrogen-bond donors (Lipinski definition) is 0. The quantitative estimate of drug-likeness (QED) is 0.405. The van der Waals surface area contributed by atoms with Gasteiger partial charge in [0.05, 0.1) is 7.05 Å². The van der Waals surface area contributed by atoms with Crippen LogP contribution in [-0.2, 0) is 18.5 Å². The molecule has 0 aliphatic heterocycles. The van der Waals surface area contributed by atoms with Gasteiger partial charge in [-0.3, -0.25) is 0 Å². The largest absolute Gasteiger partial charge is 1.00 e. The summed E-state index contributed by atoms with van der Waals surface area (Å²) in [6.45, 7) is 0.626. The summed E-state index contributed by atoms with van der Waals surface area (Å²) in [5.41, 5.74) is 0. The highest BCUT2D eigenvalue weighted by molar-refractivity contribution is 4.62. The van der Waals surface area contributed by atoms with E-state index < -0.39 is 0 Å². The Hall–Kier alpha value is -0.900. The third-order valence-electron chi connectivity index (χ3n) is 1.10. The molecule has 58 valence electrons. The number of imidazole rings is 1. The summed E-state index contributed by atoms with van der Waals surface area (Å²) in [6, 6.07) is 0. The zero-order chi connectivity index (χ0) is 6.69. The smallest absolute Gasteiger partial charge is 0.245 e. The lowest BCUT2D eigenvalue weighted by Gasteiger charge is -1.88. The number of hydrogen-bond acceptors (Lipinski definition) is 1. The van der Waals surface area contributed by atoms with Crippen molar-refractivity contribution in [2.45, 2.75) is 6.73 Å². The van der Waals surface area contributed by atoms with E-state index in [-0.39, 0.29) is 4.70 Å². The Morgan fingerprint density at radius 2 is 2.30 bits per heavy atom. The molecule has 1 aromatic heterocycles. The molecule has 0 radical (unpaired) electrons. The number of methoxy groups -OCH3 is 1. The Morgan fingerprint density at radius 1 is 1.60 bits per heavy atom. The number of aromatic nitrogens is 2. The highest BCUT2D eigenvalue weighted by atomic mass is 19.0. The van der Waals surface area contributed by atoms with Crippen molar-refractivity contribution in [1.29, 1.82) is 0 Å². The maximum atomic E-state index is 4.89. The van der Waals surface area contributed by atoms with Gasteiger partial charge >= 0.3 is 0 Å². The lowest BCUT2D eigenvalue weighted by Crippen LogP contribution is -3.00. The lowest BCUT2D eigenvalue weighted by atomic mass is 10.9. The van der Waals surface area contributed by atoms with E-state index in [1.54, 1.807) is 7.11 Å². The Balaban J connectivity index is 0.000000810. The molecule has 0 spiro atoms. The van der Waals surface area contributed by atoms with Gasteiger partial charge < -0.3 is 9.44 Å². The van der Waals surface area contributed by atoms with Crippen LogP contribution in [0, 0.1) is 0 Å². The topological polar surface area (TPSA) is 18.0 Å². The minimum atomic E-state index is 0. The number of nitrogens with zero attached hydrogens (tertiary/aromatic N) is 2. The lowest BCUT2D eigenvalue weighted by molar-refractivity contribution is -0.671. The van der Waals surface area contributed by atoms with Gasteiger partial charge in [-0.1, -0.05) is 0 Å². The second kappa shape index (κ2) is 4.00. The van der Waals surface area contributed by atoms with Crippen LogP contribution in [0.3, 0.4) is 0 Å². The van der Waals surface area contributed by atoms with Crippen molar-refractivity contribution in [2.75, 3.05) is 7.11 Å². The summed E-state index contributed by atoms with van der Waals surface area (Å²) < 4.78 is 8.82. The molecule has 0 aromatic carbocycles. The molecule has 1 aromatic rings. The average Bonchev–Trinajstić information content (AvgIpc) is 2.17. The summed E-state index contributed by atoms with van der Waals surface area (Å²) >= 11 is 0. The van der Waals surface area contributed by atoms with Crippen molar-refractivity contribution in [2.24, 2.45) is 7.05 Å². The van der Waals surface area contributed by atoms with E-state index in [4.69, 9.17) is 4.74 Å². The molecule has 10 heavy (non-hydrogen) atoms. The van der Waals surface area contributed by atoms with Crippen molar-refractivity contribution in [3.8, 4) is 0 Å². The van der Waals surface area contributed by atoms with E-state index in [2.05, 4.69) is 0 Å². The van der Waals surface area contributed by atoms with Crippen molar-refractivity contribution < 1.29 is 14.0 Å². The monoisotopic (exact) mass is 146 g/mol. The predicted molar refractivity (Wildman–Crippen MR) is 32.6 cm³/mol. The van der Waals surface area contributed by atoms with Gasteiger partial charge in [0.1, 0.15) is 12.4 Å². The summed E-state index contributed by atoms with van der Waals surface area (Å²) in [4.78, 5) is 0. The molecule has 0 amide bonds. The highest BCUT2D eigenvalue weighted by Gasteiger charge is 1.95. The van der Waals surface area contributed by atoms with Crippen LogP contribution in [0.25, 0.3) is 0 Å². The van der Waals surface area contributed by atoms with Crippen LogP contribution in [0.15, 0.2) is 18.7 Å². The average molecular weight is 146 g/mol. The van der Waals surface area contributed by atoms with Crippen LogP contribution in [0.2, 0.25) is 0 Å². The Bertz CT molecular complexity index is 188. The standard InChI is InChI=1S/C6H11N2O.FH/c1-7-3-4-8(5-7)6-9-2;/h3-5H,6H2,1-2H3;1H/q+1;/p-1. The van der Waals surface area contributed by atoms with Crippen LogP contribution in [0.4, 0.5) is 0 Å². The molecular weight excluding hydrogens is 135 g/mol. The molecule has 0 aliphatic rings. The fourth-order valence-electron chi connectivity index (χ4n) is 0.727. The second-order valence-corrected chi connectivity index (χ2v) is 2.01. The fraction of sp³-hybridized carbons (Fsp3) is 0.500. The number of aryl methyl sites for hydroxylation is 1. The van der Waals surface area contributed by atoms with Gasteiger partial charge in [0.25, 0.3) is 0 Å². The van der Waals surface area contributed by atoms with E-state index in [0.29, 0.717) is 6.73 Å². The van der Waals surface area contributed by atoms with Gasteiger partial charge in [0.15, 0.2) is 6.73 Å². The van der Waals surface area contributed by atoms with Gasteiger partial charge in [0, 0.05) is 7.11 Å². The Kier molecular flexibility index (Phi) is 3.64. The molecule has 0 bridgehead atoms. The van der Waals surface area contributed by atoms with Gasteiger partial charge in [-0.15, -0.1) is 0 Å². The number of rotatable bonds is 2. The first kappa shape index (κ1) is 9.10. The molecule has 0 saturated heterocycles. The minimum absolute atomic E-state index is 0. The Morgan fingerprint density at radius 3 is 2.70 bits per heavy atom. The van der Waals surface area contributed by atoms with Gasteiger partial charge in [0.2, 0.25) is 6.33 Å². The summed E-state index contributed by atoms with van der Waals surface area (Å²) in [5.74, 6) is 0. The van der Waals surface area contributed by atoms with Crippen molar-refractivity contribution in [3.05, 3.63) is 18.7 Å². The first-order valence-corrected chi connectivity index (χ1v) is 2.83. The van der Waals surface area contributed by atoms with Crippen LogP contribution < -0.4 is 9.27 Å².